The van der Waals surface area contributed by atoms with E-state index in [2.05, 4.69) is 23.3 Å². The largest absolute Gasteiger partial charge is 0.390 e. The van der Waals surface area contributed by atoms with Crippen molar-refractivity contribution in [1.82, 2.24) is 10.3 Å². The molecule has 0 aliphatic carbocycles. The van der Waals surface area contributed by atoms with Gasteiger partial charge in [-0.05, 0) is 37.1 Å². The molecule has 90 valence electrons. The summed E-state index contributed by atoms with van der Waals surface area (Å²) in [6, 6.07) is 4.31. The zero-order valence-electron chi connectivity index (χ0n) is 9.68. The predicted octanol–water partition coefficient (Wildman–Crippen LogP) is 2.52. The molecule has 1 aliphatic rings. The molecule has 0 amide bonds. The topological polar surface area (TPSA) is 48.0 Å². The summed E-state index contributed by atoms with van der Waals surface area (Å²) in [5.41, 5.74) is 4.31. The lowest BCUT2D eigenvalue weighted by Crippen LogP contribution is -2.19. The molecular formula is C13H15ClN2O. The number of rotatable bonds is 1. The van der Waals surface area contributed by atoms with Gasteiger partial charge < -0.3 is 15.4 Å². The number of aliphatic hydroxyl groups excluding tert-OH is 1. The third-order valence-electron chi connectivity index (χ3n) is 3.58. The van der Waals surface area contributed by atoms with E-state index in [0.29, 0.717) is 6.04 Å². The van der Waals surface area contributed by atoms with Gasteiger partial charge in [-0.2, -0.15) is 0 Å². The van der Waals surface area contributed by atoms with Gasteiger partial charge in [-0.15, -0.1) is 0 Å². The van der Waals surface area contributed by atoms with Crippen LogP contribution < -0.4 is 5.32 Å². The molecule has 1 unspecified atom stereocenters. The molecule has 1 aromatic heterocycles. The number of aromatic nitrogens is 1. The molecule has 0 radical (unpaired) electrons. The number of nitrogens with one attached hydrogen (secondary N) is 2. The molecule has 1 atom stereocenters. The lowest BCUT2D eigenvalue weighted by Gasteiger charge is -2.12. The summed E-state index contributed by atoms with van der Waals surface area (Å²) in [4.78, 5) is 3.25. The van der Waals surface area contributed by atoms with Crippen LogP contribution in [0.2, 0.25) is 5.02 Å². The number of hydrogen-bond donors (Lipinski definition) is 3. The normalized spacial score (nSPS) is 19.6. The molecular weight excluding hydrogens is 236 g/mol. The molecule has 1 aliphatic heterocycles. The maximum Gasteiger partial charge on any atom is 0.0834 e. The van der Waals surface area contributed by atoms with Gasteiger partial charge in [0.15, 0.2) is 0 Å². The second-order valence-electron chi connectivity index (χ2n) is 4.55. The fraction of sp³-hybridized carbons (Fsp3) is 0.385. The molecule has 17 heavy (non-hydrogen) atoms. The second-order valence-corrected chi connectivity index (χ2v) is 4.96. The van der Waals surface area contributed by atoms with Gasteiger partial charge >= 0.3 is 0 Å². The van der Waals surface area contributed by atoms with Crippen molar-refractivity contribution in [2.24, 2.45) is 0 Å². The lowest BCUT2D eigenvalue weighted by molar-refractivity contribution is 0.276. The molecule has 3 N–H and O–H groups in total. The van der Waals surface area contributed by atoms with Gasteiger partial charge in [0.2, 0.25) is 0 Å². The van der Waals surface area contributed by atoms with Crippen LogP contribution in [0.4, 0.5) is 0 Å². The monoisotopic (exact) mass is 250 g/mol. The smallest absolute Gasteiger partial charge is 0.0834 e. The highest BCUT2D eigenvalue weighted by Crippen LogP contribution is 2.35. The quantitative estimate of drug-likeness (QED) is 0.728. The molecule has 0 saturated carbocycles. The Hall–Kier alpha value is -1.03. The van der Waals surface area contributed by atoms with Crippen molar-refractivity contribution >= 4 is 22.5 Å². The van der Waals surface area contributed by atoms with E-state index < -0.39 is 0 Å². The number of halogens is 1. The third-order valence-corrected chi connectivity index (χ3v) is 3.89. The number of hydrogen-bond acceptors (Lipinski definition) is 2. The summed E-state index contributed by atoms with van der Waals surface area (Å²) in [5.74, 6) is 0. The molecule has 0 saturated heterocycles. The predicted molar refractivity (Wildman–Crippen MR) is 69.4 cm³/mol. The van der Waals surface area contributed by atoms with Gasteiger partial charge in [-0.1, -0.05) is 17.7 Å². The van der Waals surface area contributed by atoms with Gasteiger partial charge in [0.25, 0.3) is 0 Å². The van der Waals surface area contributed by atoms with Crippen LogP contribution in [-0.4, -0.2) is 16.6 Å². The SMILES string of the molecule is CC1NCCc2c(CO)[nH]c3c(Cl)ccc1c23. The van der Waals surface area contributed by atoms with Crippen molar-refractivity contribution in [3.63, 3.8) is 0 Å². The maximum atomic E-state index is 9.42. The molecule has 4 heteroatoms. The van der Waals surface area contributed by atoms with E-state index in [-0.39, 0.29) is 6.61 Å². The van der Waals surface area contributed by atoms with Crippen molar-refractivity contribution in [1.29, 1.82) is 0 Å². The summed E-state index contributed by atoms with van der Waals surface area (Å²) in [5, 5.41) is 14.8. The summed E-state index contributed by atoms with van der Waals surface area (Å²) in [6.45, 7) is 3.12. The molecule has 0 bridgehead atoms. The maximum absolute atomic E-state index is 9.42. The number of aliphatic hydroxyl groups is 1. The van der Waals surface area contributed by atoms with E-state index in [1.54, 1.807) is 0 Å². The minimum atomic E-state index is 0.0359. The molecule has 3 nitrogen and oxygen atoms in total. The Morgan fingerprint density at radius 3 is 3.06 bits per heavy atom. The Kier molecular flexibility index (Phi) is 2.62. The molecule has 0 spiro atoms. The van der Waals surface area contributed by atoms with Gasteiger partial charge in [-0.25, -0.2) is 0 Å². The van der Waals surface area contributed by atoms with E-state index in [1.807, 2.05) is 6.07 Å². The standard InChI is InChI=1S/C13H15ClN2O/c1-7-8-2-3-10(14)13-12(8)9(4-5-15-7)11(6-17)16-13/h2-3,7,15-17H,4-6H2,1H3. The third kappa shape index (κ3) is 1.58. The van der Waals surface area contributed by atoms with Crippen molar-refractivity contribution in [2.75, 3.05) is 6.54 Å². The van der Waals surface area contributed by atoms with Crippen molar-refractivity contribution in [3.05, 3.63) is 34.0 Å². The Morgan fingerprint density at radius 2 is 2.29 bits per heavy atom. The van der Waals surface area contributed by atoms with Crippen molar-refractivity contribution in [3.8, 4) is 0 Å². The summed E-state index contributed by atoms with van der Waals surface area (Å²) in [7, 11) is 0. The zero-order chi connectivity index (χ0) is 12.0. The van der Waals surface area contributed by atoms with Gasteiger partial charge in [-0.3, -0.25) is 0 Å². The van der Waals surface area contributed by atoms with E-state index in [4.69, 9.17) is 11.6 Å². The number of aromatic amines is 1. The van der Waals surface area contributed by atoms with Crippen LogP contribution in [0.1, 0.15) is 29.8 Å². The fourth-order valence-electron chi connectivity index (χ4n) is 2.71. The summed E-state index contributed by atoms with van der Waals surface area (Å²) < 4.78 is 0. The highest BCUT2D eigenvalue weighted by Gasteiger charge is 2.21. The van der Waals surface area contributed by atoms with Crippen LogP contribution in [0, 0.1) is 0 Å². The van der Waals surface area contributed by atoms with E-state index in [0.717, 1.165) is 29.2 Å². The minimum Gasteiger partial charge on any atom is -0.390 e. The van der Waals surface area contributed by atoms with Crippen molar-refractivity contribution < 1.29 is 5.11 Å². The summed E-state index contributed by atoms with van der Waals surface area (Å²) >= 11 is 6.22. The molecule has 2 aromatic rings. The first-order chi connectivity index (χ1) is 8.22. The molecule has 3 rings (SSSR count). The molecule has 0 fully saturated rings. The van der Waals surface area contributed by atoms with E-state index in [1.165, 1.54) is 16.5 Å². The Balaban J connectivity index is 2.41. The second kappa shape index (κ2) is 4.02. The average Bonchev–Trinajstić information content (AvgIpc) is 2.61. The zero-order valence-corrected chi connectivity index (χ0v) is 10.4. The van der Waals surface area contributed by atoms with Crippen LogP contribution in [0.25, 0.3) is 10.9 Å². The van der Waals surface area contributed by atoms with Crippen LogP contribution >= 0.6 is 11.6 Å². The van der Waals surface area contributed by atoms with Crippen molar-refractivity contribution in [2.45, 2.75) is 26.0 Å². The van der Waals surface area contributed by atoms with E-state index >= 15 is 0 Å². The van der Waals surface area contributed by atoms with Gasteiger partial charge in [0.1, 0.15) is 0 Å². The molecule has 2 heterocycles. The first kappa shape index (κ1) is 11.1. The van der Waals surface area contributed by atoms with Crippen LogP contribution in [0.5, 0.6) is 0 Å². The number of H-pyrrole nitrogens is 1. The van der Waals surface area contributed by atoms with E-state index in [9.17, 15) is 5.11 Å². The summed E-state index contributed by atoms with van der Waals surface area (Å²) in [6.07, 6.45) is 0.924. The number of benzene rings is 1. The average molecular weight is 251 g/mol. The Labute approximate surface area is 105 Å². The minimum absolute atomic E-state index is 0.0359. The Morgan fingerprint density at radius 1 is 1.47 bits per heavy atom. The van der Waals surface area contributed by atoms with Gasteiger partial charge in [0.05, 0.1) is 17.1 Å². The molecule has 1 aromatic carbocycles. The first-order valence-corrected chi connectivity index (χ1v) is 6.26. The highest BCUT2D eigenvalue weighted by atomic mass is 35.5. The lowest BCUT2D eigenvalue weighted by atomic mass is 10.0. The Bertz CT molecular complexity index is 576. The van der Waals surface area contributed by atoms with Crippen LogP contribution in [0.15, 0.2) is 12.1 Å². The fourth-order valence-corrected chi connectivity index (χ4v) is 2.92. The van der Waals surface area contributed by atoms with Crippen LogP contribution in [0.3, 0.4) is 0 Å². The highest BCUT2D eigenvalue weighted by molar-refractivity contribution is 6.35. The van der Waals surface area contributed by atoms with Crippen LogP contribution in [-0.2, 0) is 13.0 Å². The van der Waals surface area contributed by atoms with Gasteiger partial charge in [0, 0.05) is 17.1 Å². The first-order valence-electron chi connectivity index (χ1n) is 5.88.